The number of carboxylic acids is 1. The molecule has 1 heterocycles. The maximum absolute atomic E-state index is 12.5. The number of rotatable bonds is 2. The van der Waals surface area contributed by atoms with Crippen LogP contribution < -0.4 is 5.73 Å². The van der Waals surface area contributed by atoms with Crippen LogP contribution in [0.2, 0.25) is 5.02 Å². The molecule has 18 heavy (non-hydrogen) atoms. The Bertz CT molecular complexity index is 515. The summed E-state index contributed by atoms with van der Waals surface area (Å²) in [6, 6.07) is 7.59. The normalized spacial score (nSPS) is 9.50. The number of benzene rings is 1. The highest BCUT2D eigenvalue weighted by Crippen LogP contribution is 2.15. The van der Waals surface area contributed by atoms with Crippen molar-refractivity contribution in [3.63, 3.8) is 0 Å². The van der Waals surface area contributed by atoms with E-state index in [-0.39, 0.29) is 10.7 Å². The number of aromatic amines is 1. The molecule has 96 valence electrons. The van der Waals surface area contributed by atoms with E-state index in [1.54, 1.807) is 18.3 Å². The van der Waals surface area contributed by atoms with Crippen molar-refractivity contribution < 1.29 is 14.3 Å². The quantitative estimate of drug-likeness (QED) is 0.785. The van der Waals surface area contributed by atoms with Crippen LogP contribution in [0.1, 0.15) is 16.1 Å². The second-order valence-corrected chi connectivity index (χ2v) is 3.75. The Labute approximate surface area is 108 Å². The highest BCUT2D eigenvalue weighted by molar-refractivity contribution is 6.30. The first-order chi connectivity index (χ1) is 8.54. The van der Waals surface area contributed by atoms with Crippen molar-refractivity contribution >= 4 is 17.6 Å². The van der Waals surface area contributed by atoms with Crippen LogP contribution >= 0.6 is 11.6 Å². The number of hydrogen-bond donors (Lipinski definition) is 3. The fourth-order valence-electron chi connectivity index (χ4n) is 1.13. The van der Waals surface area contributed by atoms with Gasteiger partial charge in [0.1, 0.15) is 11.5 Å². The summed E-state index contributed by atoms with van der Waals surface area (Å²) in [6.07, 6.45) is 1.57. The molecule has 0 spiro atoms. The minimum absolute atomic E-state index is 0.128. The molecule has 0 aliphatic carbocycles. The summed E-state index contributed by atoms with van der Waals surface area (Å²) in [7, 11) is 0. The standard InChI is InChI=1S/C7H7ClFN.C5H5NO2/c8-6-3-5(4-10)1-2-7(6)9;7-5(8)4-2-1-3-6-4/h1-3H,4,10H2;1-3,6H,(H,7,8). The van der Waals surface area contributed by atoms with Gasteiger partial charge < -0.3 is 15.8 Å². The summed E-state index contributed by atoms with van der Waals surface area (Å²) in [5.41, 5.74) is 6.35. The minimum Gasteiger partial charge on any atom is -0.477 e. The molecule has 0 fully saturated rings. The maximum atomic E-state index is 12.5. The molecule has 0 aliphatic rings. The van der Waals surface area contributed by atoms with E-state index in [0.29, 0.717) is 6.54 Å². The van der Waals surface area contributed by atoms with Gasteiger partial charge in [0.15, 0.2) is 0 Å². The van der Waals surface area contributed by atoms with Crippen LogP contribution in [0.4, 0.5) is 4.39 Å². The lowest BCUT2D eigenvalue weighted by molar-refractivity contribution is 0.0691. The van der Waals surface area contributed by atoms with E-state index in [0.717, 1.165) is 5.56 Å². The Kier molecular flexibility index (Phi) is 5.35. The number of carbonyl (C=O) groups is 1. The first-order valence-corrected chi connectivity index (χ1v) is 5.43. The third kappa shape index (κ3) is 4.20. The van der Waals surface area contributed by atoms with Gasteiger partial charge in [-0.15, -0.1) is 0 Å². The molecule has 4 nitrogen and oxygen atoms in total. The van der Waals surface area contributed by atoms with E-state index in [1.165, 1.54) is 18.2 Å². The van der Waals surface area contributed by atoms with Crippen molar-refractivity contribution in [1.29, 1.82) is 0 Å². The van der Waals surface area contributed by atoms with E-state index in [2.05, 4.69) is 4.98 Å². The molecule has 0 atom stereocenters. The average Bonchev–Trinajstić information content (AvgIpc) is 2.87. The van der Waals surface area contributed by atoms with Crippen molar-refractivity contribution in [3.05, 3.63) is 58.6 Å². The Morgan fingerprint density at radius 2 is 2.17 bits per heavy atom. The number of H-pyrrole nitrogens is 1. The number of nitrogens with two attached hydrogens (primary N) is 1. The van der Waals surface area contributed by atoms with Gasteiger partial charge in [-0.2, -0.15) is 0 Å². The third-order valence-electron chi connectivity index (χ3n) is 2.05. The van der Waals surface area contributed by atoms with Crippen LogP contribution in [0.25, 0.3) is 0 Å². The largest absolute Gasteiger partial charge is 0.477 e. The molecule has 2 rings (SSSR count). The molecule has 0 amide bonds. The SMILES string of the molecule is NCc1ccc(F)c(Cl)c1.O=C(O)c1ccc[nH]1. The lowest BCUT2D eigenvalue weighted by Gasteiger charge is -1.96. The first kappa shape index (κ1) is 14.2. The van der Waals surface area contributed by atoms with Crippen LogP contribution in [-0.4, -0.2) is 16.1 Å². The Balaban J connectivity index is 0.000000184. The lowest BCUT2D eigenvalue weighted by atomic mass is 10.2. The van der Waals surface area contributed by atoms with E-state index in [9.17, 15) is 9.18 Å². The first-order valence-electron chi connectivity index (χ1n) is 5.05. The highest BCUT2D eigenvalue weighted by atomic mass is 35.5. The zero-order valence-electron chi connectivity index (χ0n) is 9.36. The molecule has 0 saturated carbocycles. The van der Waals surface area contributed by atoms with Crippen LogP contribution in [-0.2, 0) is 6.54 Å². The molecule has 0 radical (unpaired) electrons. The van der Waals surface area contributed by atoms with E-state index in [1.807, 2.05) is 0 Å². The molecule has 6 heteroatoms. The van der Waals surface area contributed by atoms with E-state index >= 15 is 0 Å². The number of nitrogens with one attached hydrogen (secondary N) is 1. The van der Waals surface area contributed by atoms with Gasteiger partial charge in [0.05, 0.1) is 5.02 Å². The smallest absolute Gasteiger partial charge is 0.352 e. The zero-order valence-corrected chi connectivity index (χ0v) is 10.1. The summed E-state index contributed by atoms with van der Waals surface area (Å²) in [4.78, 5) is 12.6. The van der Waals surface area contributed by atoms with Gasteiger partial charge in [-0.3, -0.25) is 0 Å². The van der Waals surface area contributed by atoms with Gasteiger partial charge in [0, 0.05) is 12.7 Å². The number of hydrogen-bond acceptors (Lipinski definition) is 2. The second kappa shape index (κ2) is 6.78. The van der Waals surface area contributed by atoms with Crippen molar-refractivity contribution in [2.24, 2.45) is 5.73 Å². The predicted molar refractivity (Wildman–Crippen MR) is 67.1 cm³/mol. The van der Waals surface area contributed by atoms with Crippen LogP contribution in [0.3, 0.4) is 0 Å². The number of halogens is 2. The molecule has 1 aromatic carbocycles. The number of aromatic nitrogens is 1. The van der Waals surface area contributed by atoms with Crippen LogP contribution in [0.15, 0.2) is 36.5 Å². The lowest BCUT2D eigenvalue weighted by Crippen LogP contribution is -1.95. The van der Waals surface area contributed by atoms with Gasteiger partial charge in [-0.1, -0.05) is 17.7 Å². The van der Waals surface area contributed by atoms with Crippen LogP contribution in [0, 0.1) is 5.82 Å². The Hall–Kier alpha value is -1.85. The predicted octanol–water partition coefficient (Wildman–Crippen LogP) is 2.65. The molecule has 0 aliphatic heterocycles. The third-order valence-corrected chi connectivity index (χ3v) is 2.34. The zero-order chi connectivity index (χ0) is 13.5. The number of aromatic carboxylic acids is 1. The molecule has 4 N–H and O–H groups in total. The number of carboxylic acid groups (broad SMARTS) is 1. The van der Waals surface area contributed by atoms with Crippen molar-refractivity contribution in [3.8, 4) is 0 Å². The minimum atomic E-state index is -0.921. The van der Waals surface area contributed by atoms with Crippen LogP contribution in [0.5, 0.6) is 0 Å². The second-order valence-electron chi connectivity index (χ2n) is 3.34. The van der Waals surface area contributed by atoms with Gasteiger partial charge in [0.25, 0.3) is 0 Å². The molecular formula is C12H12ClFN2O2. The Morgan fingerprint density at radius 3 is 2.56 bits per heavy atom. The summed E-state index contributed by atoms with van der Waals surface area (Å²) >= 11 is 5.46. The van der Waals surface area contributed by atoms with Gasteiger partial charge in [-0.05, 0) is 29.8 Å². The summed E-state index contributed by atoms with van der Waals surface area (Å²) in [5.74, 6) is -1.33. The summed E-state index contributed by atoms with van der Waals surface area (Å²) in [5, 5.41) is 8.37. The molecular weight excluding hydrogens is 259 g/mol. The van der Waals surface area contributed by atoms with Crippen molar-refractivity contribution in [2.75, 3.05) is 0 Å². The fourth-order valence-corrected chi connectivity index (χ4v) is 1.33. The molecule has 0 saturated heterocycles. The highest BCUT2D eigenvalue weighted by Gasteiger charge is 1.98. The average molecular weight is 271 g/mol. The summed E-state index contributed by atoms with van der Waals surface area (Å²) < 4.78 is 12.5. The van der Waals surface area contributed by atoms with Gasteiger partial charge in [-0.25, -0.2) is 9.18 Å². The molecule has 2 aromatic rings. The fraction of sp³-hybridized carbons (Fsp3) is 0.0833. The molecule has 1 aromatic heterocycles. The summed E-state index contributed by atoms with van der Waals surface area (Å²) in [6.45, 7) is 0.389. The van der Waals surface area contributed by atoms with Gasteiger partial charge >= 0.3 is 5.97 Å². The van der Waals surface area contributed by atoms with Crippen molar-refractivity contribution in [2.45, 2.75) is 6.54 Å². The monoisotopic (exact) mass is 270 g/mol. The van der Waals surface area contributed by atoms with E-state index < -0.39 is 11.8 Å². The van der Waals surface area contributed by atoms with Crippen molar-refractivity contribution in [1.82, 2.24) is 4.98 Å². The van der Waals surface area contributed by atoms with Gasteiger partial charge in [0.2, 0.25) is 0 Å². The molecule has 0 bridgehead atoms. The Morgan fingerprint density at radius 1 is 1.44 bits per heavy atom. The molecule has 0 unspecified atom stereocenters. The topological polar surface area (TPSA) is 79.1 Å². The maximum Gasteiger partial charge on any atom is 0.352 e. The van der Waals surface area contributed by atoms with E-state index in [4.69, 9.17) is 22.4 Å².